The maximum absolute atomic E-state index is 6.98. The second kappa shape index (κ2) is 15.5. The molecular weight excluding hydrogens is 902 g/mol. The molecule has 1 N–H and O–H groups in total. The molecule has 1 radical (unpaired) electrons. The predicted octanol–water partition coefficient (Wildman–Crippen LogP) is 17.7. The first-order valence-electron chi connectivity index (χ1n) is 24.6. The lowest BCUT2D eigenvalue weighted by molar-refractivity contribution is 0.590. The van der Waals surface area contributed by atoms with Crippen LogP contribution in [0.4, 0.5) is 28.4 Å². The zero-order valence-corrected chi connectivity index (χ0v) is 42.2. The number of anilines is 5. The average molecular weight is 951 g/mol. The van der Waals surface area contributed by atoms with Gasteiger partial charge in [0.05, 0.1) is 16.9 Å². The van der Waals surface area contributed by atoms with Crippen LogP contribution in [0, 0.1) is 0 Å². The van der Waals surface area contributed by atoms with Crippen molar-refractivity contribution >= 4 is 143 Å². The summed E-state index contributed by atoms with van der Waals surface area (Å²) in [5.74, 6) is 0. The summed E-state index contributed by atoms with van der Waals surface area (Å²) in [5, 5.41) is 12.7. The lowest BCUT2D eigenvalue weighted by atomic mass is 9.62. The summed E-state index contributed by atoms with van der Waals surface area (Å²) in [6.45, 7) is 13.7. The third-order valence-electron chi connectivity index (χ3n) is 14.7. The van der Waals surface area contributed by atoms with E-state index < -0.39 is 0 Å². The second-order valence-corrected chi connectivity index (χ2v) is 23.4. The molecule has 7 heteroatoms. The minimum atomic E-state index is -0.0245. The van der Waals surface area contributed by atoms with E-state index in [1.54, 1.807) is 0 Å². The Labute approximate surface area is 421 Å². The number of hydrogen-bond donors (Lipinski definition) is 1. The number of hydrogen-bond acceptors (Lipinski definition) is 5. The van der Waals surface area contributed by atoms with Crippen molar-refractivity contribution in [2.45, 2.75) is 52.4 Å². The van der Waals surface area contributed by atoms with Crippen molar-refractivity contribution in [2.24, 2.45) is 0 Å². The maximum atomic E-state index is 6.98. The molecule has 0 fully saturated rings. The zero-order chi connectivity index (χ0) is 47.9. The quantitative estimate of drug-likeness (QED) is 0.169. The normalized spacial score (nSPS) is 12.8. The van der Waals surface area contributed by atoms with E-state index in [9.17, 15) is 0 Å². The zero-order valence-electron chi connectivity index (χ0n) is 40.5. The Morgan fingerprint density at radius 3 is 1.86 bits per heavy atom. The van der Waals surface area contributed by atoms with Gasteiger partial charge in [0.2, 0.25) is 7.28 Å². The van der Waals surface area contributed by atoms with Crippen molar-refractivity contribution in [1.29, 1.82) is 0 Å². The molecule has 4 aromatic heterocycles. The van der Waals surface area contributed by atoms with Crippen molar-refractivity contribution in [3.8, 4) is 16.8 Å². The van der Waals surface area contributed by atoms with E-state index >= 15 is 0 Å². The molecule has 5 heterocycles. The predicted molar refractivity (Wildman–Crippen MR) is 309 cm³/mol. The molecule has 0 unspecified atom stereocenters. The molecule has 1 aliphatic rings. The van der Waals surface area contributed by atoms with Gasteiger partial charge in [0, 0.05) is 96.0 Å². The lowest BCUT2D eigenvalue weighted by Gasteiger charge is -2.25. The molecule has 0 bridgehead atoms. The molecule has 0 spiro atoms. The van der Waals surface area contributed by atoms with Crippen LogP contribution in [0.15, 0.2) is 186 Å². The summed E-state index contributed by atoms with van der Waals surface area (Å²) in [6, 6.07) is 67.3. The maximum Gasteiger partial charge on any atom is 0.247 e. The van der Waals surface area contributed by atoms with Gasteiger partial charge >= 0.3 is 0 Å². The molecule has 341 valence electrons. The molecule has 13 aromatic rings. The molecule has 14 rings (SSSR count). The Morgan fingerprint density at radius 2 is 1.11 bits per heavy atom. The van der Waals surface area contributed by atoms with Gasteiger partial charge in [-0.25, -0.2) is 0 Å². The van der Waals surface area contributed by atoms with Gasteiger partial charge in [0.15, 0.2) is 0 Å². The van der Waals surface area contributed by atoms with E-state index in [4.69, 9.17) is 4.42 Å². The van der Waals surface area contributed by atoms with Gasteiger partial charge in [-0.05, 0) is 124 Å². The molecule has 4 nitrogen and oxygen atoms in total. The van der Waals surface area contributed by atoms with Gasteiger partial charge in [-0.15, -0.1) is 22.7 Å². The Bertz CT molecular complexity index is 4260. The topological polar surface area (TPSA) is 33.3 Å². The highest BCUT2D eigenvalue weighted by molar-refractivity contribution is 7.26. The SMILES string of the molecule is CC(C)(C)c1ccc(Nc2cc3sc4cc(N(c5ccccc5)c5ccccc5)ccc4c3cc2-c2ccc3c4cc5sc6ccccc6c5cc4n4c3c2[B]c2oc3ccc(C(C)(C)C)cc3c2-4)cc1. The third kappa shape index (κ3) is 6.70. The van der Waals surface area contributed by atoms with Crippen molar-refractivity contribution in [2.75, 3.05) is 10.2 Å². The van der Waals surface area contributed by atoms with E-state index in [0.29, 0.717) is 0 Å². The monoisotopic (exact) mass is 950 g/mol. The summed E-state index contributed by atoms with van der Waals surface area (Å²) in [4.78, 5) is 2.35. The lowest BCUT2D eigenvalue weighted by Crippen LogP contribution is -2.36. The van der Waals surface area contributed by atoms with Crippen LogP contribution >= 0.6 is 22.7 Å². The van der Waals surface area contributed by atoms with Crippen LogP contribution in [-0.2, 0) is 10.8 Å². The fourth-order valence-electron chi connectivity index (χ4n) is 11.1. The Kier molecular flexibility index (Phi) is 9.21. The average Bonchev–Trinajstić information content (AvgIpc) is 4.12. The van der Waals surface area contributed by atoms with Crippen molar-refractivity contribution in [1.82, 2.24) is 4.57 Å². The largest absolute Gasteiger partial charge is 0.469 e. The molecule has 9 aromatic carbocycles. The number of rotatable bonds is 6. The molecule has 0 aliphatic carbocycles. The van der Waals surface area contributed by atoms with E-state index in [1.807, 2.05) is 22.7 Å². The van der Waals surface area contributed by atoms with Crippen LogP contribution < -0.4 is 21.3 Å². The standard InChI is InChI=1S/C64H49BN3OS2/c1-63(2,3)37-21-24-39(25-22-37)66-52-36-58-49(44-27-26-42(32-56(44)71-58)67(40-15-9-7-10-16-40)41-17-11-8-12-18-41)33-47(52)45-28-29-46-48-35-57-50(43-19-13-14-20-55(43)70-57)34-53(48)68-60(46)59(45)65-62-61(68)51-31-38(64(4,5)6)23-30-54(51)69-62/h7-36,66H,1-6H3. The second-order valence-electron chi connectivity index (χ2n) is 21.3. The van der Waals surface area contributed by atoms with Crippen LogP contribution in [0.2, 0.25) is 0 Å². The smallest absolute Gasteiger partial charge is 0.247 e. The van der Waals surface area contributed by atoms with Crippen molar-refractivity contribution in [3.05, 3.63) is 193 Å². The van der Waals surface area contributed by atoms with Crippen LogP contribution in [0.3, 0.4) is 0 Å². The molecule has 1 aliphatic heterocycles. The van der Waals surface area contributed by atoms with E-state index in [1.165, 1.54) is 73.3 Å². The highest BCUT2D eigenvalue weighted by atomic mass is 32.1. The van der Waals surface area contributed by atoms with E-state index in [-0.39, 0.29) is 10.8 Å². The molecular formula is C64H49BN3OS2. The first-order valence-corrected chi connectivity index (χ1v) is 26.2. The van der Waals surface area contributed by atoms with E-state index in [2.05, 4.69) is 246 Å². The number of nitrogens with zero attached hydrogens (tertiary/aromatic N) is 2. The Hall–Kier alpha value is -7.58. The number of para-hydroxylation sites is 2. The number of nitrogens with one attached hydrogen (secondary N) is 1. The number of aromatic nitrogens is 1. The molecule has 0 saturated heterocycles. The van der Waals surface area contributed by atoms with Crippen molar-refractivity contribution < 1.29 is 4.42 Å². The Balaban J connectivity index is 1.02. The van der Waals surface area contributed by atoms with Gasteiger partial charge in [-0.3, -0.25) is 0 Å². The van der Waals surface area contributed by atoms with Gasteiger partial charge in [-0.1, -0.05) is 133 Å². The summed E-state index contributed by atoms with van der Waals surface area (Å²) in [5.41, 5.74) is 16.8. The van der Waals surface area contributed by atoms with E-state index in [0.717, 1.165) is 67.3 Å². The number of fused-ring (bicyclic) bond motifs is 13. The first-order chi connectivity index (χ1) is 34.4. The number of benzene rings is 9. The summed E-state index contributed by atoms with van der Waals surface area (Å²) in [7, 11) is 2.33. The summed E-state index contributed by atoms with van der Waals surface area (Å²) >= 11 is 3.73. The molecule has 0 atom stereocenters. The third-order valence-corrected chi connectivity index (χ3v) is 17.0. The summed E-state index contributed by atoms with van der Waals surface area (Å²) < 4.78 is 14.6. The van der Waals surface area contributed by atoms with Crippen LogP contribution in [-0.4, -0.2) is 11.8 Å². The summed E-state index contributed by atoms with van der Waals surface area (Å²) in [6.07, 6.45) is 0. The van der Waals surface area contributed by atoms with Crippen molar-refractivity contribution in [3.63, 3.8) is 0 Å². The highest BCUT2D eigenvalue weighted by Gasteiger charge is 2.32. The van der Waals surface area contributed by atoms with Gasteiger partial charge in [-0.2, -0.15) is 0 Å². The number of furan rings is 1. The molecule has 0 amide bonds. The van der Waals surface area contributed by atoms with Gasteiger partial charge in [0.1, 0.15) is 5.58 Å². The minimum Gasteiger partial charge on any atom is -0.469 e. The van der Waals surface area contributed by atoms with Crippen LogP contribution in [0.25, 0.3) is 89.9 Å². The highest BCUT2D eigenvalue weighted by Crippen LogP contribution is 2.47. The molecule has 71 heavy (non-hydrogen) atoms. The van der Waals surface area contributed by atoms with Crippen LogP contribution in [0.5, 0.6) is 0 Å². The van der Waals surface area contributed by atoms with Crippen LogP contribution in [0.1, 0.15) is 52.7 Å². The fraction of sp³-hybridized carbons (Fsp3) is 0.125. The first kappa shape index (κ1) is 42.3. The number of thiophene rings is 2. The molecule has 0 saturated carbocycles. The Morgan fingerprint density at radius 1 is 0.479 bits per heavy atom. The minimum absolute atomic E-state index is 0.0245. The van der Waals surface area contributed by atoms with Gasteiger partial charge < -0.3 is 19.2 Å². The van der Waals surface area contributed by atoms with Gasteiger partial charge in [0.25, 0.3) is 0 Å². The fourth-order valence-corrected chi connectivity index (χ4v) is 13.4.